The number of carbonyl (C=O) groups is 2. The van der Waals surface area contributed by atoms with Gasteiger partial charge in [-0.15, -0.1) is 0 Å². The topological polar surface area (TPSA) is 91.5 Å². The first-order chi connectivity index (χ1) is 15.4. The van der Waals surface area contributed by atoms with Gasteiger partial charge in [0.15, 0.2) is 0 Å². The predicted octanol–water partition coefficient (Wildman–Crippen LogP) is 3.48. The number of imidazole rings is 1. The molecular weight excluding hydrogens is 410 g/mol. The predicted molar refractivity (Wildman–Crippen MR) is 123 cm³/mol. The fraction of sp³-hybridized carbons (Fsp3) is 0.478. The number of nitrogens with zero attached hydrogens (tertiary/aromatic N) is 5. The van der Waals surface area contributed by atoms with Crippen molar-refractivity contribution in [3.05, 3.63) is 35.2 Å². The summed E-state index contributed by atoms with van der Waals surface area (Å²) in [6.45, 7) is 8.14. The van der Waals surface area contributed by atoms with E-state index in [0.29, 0.717) is 54.8 Å². The number of carbonyl (C=O) groups excluding carboxylic acids is 2. The molecule has 0 bridgehead atoms. The Labute approximate surface area is 187 Å². The zero-order valence-electron chi connectivity index (χ0n) is 19.4. The van der Waals surface area contributed by atoms with Gasteiger partial charge in [0.25, 0.3) is 5.91 Å². The zero-order chi connectivity index (χ0) is 23.3. The highest BCUT2D eigenvalue weighted by Gasteiger charge is 2.25. The number of anilines is 1. The molecule has 2 aromatic heterocycles. The summed E-state index contributed by atoms with van der Waals surface area (Å²) in [4.78, 5) is 31.1. The highest BCUT2D eigenvalue weighted by atomic mass is 16.5. The lowest BCUT2D eigenvalue weighted by atomic mass is 10.2. The molecule has 0 aliphatic heterocycles. The van der Waals surface area contributed by atoms with Gasteiger partial charge in [-0.25, -0.2) is 4.98 Å². The Morgan fingerprint density at radius 1 is 1.22 bits per heavy atom. The molecule has 9 heteroatoms. The van der Waals surface area contributed by atoms with Crippen LogP contribution < -0.4 is 9.64 Å². The van der Waals surface area contributed by atoms with Crippen molar-refractivity contribution in [3.8, 4) is 5.75 Å². The molecular formula is C23H31N5O4. The summed E-state index contributed by atoms with van der Waals surface area (Å²) < 4.78 is 14.8. The summed E-state index contributed by atoms with van der Waals surface area (Å²) in [5.74, 6) is 0.875. The fourth-order valence-electron chi connectivity index (χ4n) is 3.71. The van der Waals surface area contributed by atoms with Crippen LogP contribution >= 0.6 is 0 Å². The summed E-state index contributed by atoms with van der Waals surface area (Å²) in [5, 5.41) is 4.39. The number of ether oxygens (including phenoxy) is 2. The normalized spacial score (nSPS) is 11.2. The molecule has 1 aromatic carbocycles. The van der Waals surface area contributed by atoms with Gasteiger partial charge in [-0.1, -0.05) is 6.92 Å². The van der Waals surface area contributed by atoms with Crippen molar-refractivity contribution in [1.29, 1.82) is 0 Å². The van der Waals surface area contributed by atoms with E-state index in [4.69, 9.17) is 14.5 Å². The molecule has 1 amide bonds. The maximum Gasteiger partial charge on any atom is 0.278 e. The lowest BCUT2D eigenvalue weighted by Gasteiger charge is -2.19. The van der Waals surface area contributed by atoms with Gasteiger partial charge in [0, 0.05) is 45.8 Å². The molecule has 0 spiro atoms. The van der Waals surface area contributed by atoms with Gasteiger partial charge in [-0.2, -0.15) is 5.10 Å². The SMILES string of the molecule is CCCn1c(N(C)C(=O)c2cc(C)nn2CC)nc2cc(C=O)cc(OCCCOC)c21. The Hall–Kier alpha value is -3.20. The summed E-state index contributed by atoms with van der Waals surface area (Å²) in [6, 6.07) is 5.22. The molecule has 32 heavy (non-hydrogen) atoms. The smallest absolute Gasteiger partial charge is 0.278 e. The van der Waals surface area contributed by atoms with Crippen LogP contribution in [-0.4, -0.2) is 58.9 Å². The lowest BCUT2D eigenvalue weighted by molar-refractivity contribution is 0.0980. The van der Waals surface area contributed by atoms with E-state index in [0.717, 1.165) is 30.3 Å². The zero-order valence-corrected chi connectivity index (χ0v) is 19.4. The van der Waals surface area contributed by atoms with Crippen LogP contribution in [-0.2, 0) is 17.8 Å². The van der Waals surface area contributed by atoms with E-state index in [9.17, 15) is 9.59 Å². The average molecular weight is 442 g/mol. The van der Waals surface area contributed by atoms with Crippen molar-refractivity contribution < 1.29 is 19.1 Å². The van der Waals surface area contributed by atoms with Gasteiger partial charge < -0.3 is 14.0 Å². The Morgan fingerprint density at radius 3 is 2.66 bits per heavy atom. The van der Waals surface area contributed by atoms with Crippen molar-refractivity contribution in [3.63, 3.8) is 0 Å². The molecule has 0 atom stereocenters. The van der Waals surface area contributed by atoms with E-state index >= 15 is 0 Å². The molecule has 0 fully saturated rings. The minimum Gasteiger partial charge on any atom is -0.491 e. The molecule has 3 rings (SSSR count). The van der Waals surface area contributed by atoms with E-state index in [2.05, 4.69) is 12.0 Å². The van der Waals surface area contributed by atoms with E-state index in [1.165, 1.54) is 4.90 Å². The van der Waals surface area contributed by atoms with Crippen LogP contribution in [0.1, 0.15) is 53.2 Å². The molecule has 172 valence electrons. The first-order valence-electron chi connectivity index (χ1n) is 10.9. The van der Waals surface area contributed by atoms with Crippen molar-refractivity contribution in [2.75, 3.05) is 32.3 Å². The number of aldehydes is 1. The van der Waals surface area contributed by atoms with Crippen LogP contribution in [0.25, 0.3) is 11.0 Å². The number of rotatable bonds is 11. The number of benzene rings is 1. The maximum absolute atomic E-state index is 13.3. The van der Waals surface area contributed by atoms with Crippen LogP contribution in [0.3, 0.4) is 0 Å². The summed E-state index contributed by atoms with van der Waals surface area (Å²) in [7, 11) is 3.35. The van der Waals surface area contributed by atoms with Crippen LogP contribution in [0.5, 0.6) is 5.75 Å². The van der Waals surface area contributed by atoms with Crippen LogP contribution in [0.15, 0.2) is 18.2 Å². The summed E-state index contributed by atoms with van der Waals surface area (Å²) in [5.41, 5.74) is 3.14. The third-order valence-corrected chi connectivity index (χ3v) is 5.17. The van der Waals surface area contributed by atoms with Gasteiger partial charge in [0.1, 0.15) is 23.2 Å². The van der Waals surface area contributed by atoms with Crippen molar-refractivity contribution in [2.24, 2.45) is 0 Å². The van der Waals surface area contributed by atoms with E-state index in [-0.39, 0.29) is 5.91 Å². The number of aryl methyl sites for hydroxylation is 3. The number of hydrogen-bond donors (Lipinski definition) is 0. The third kappa shape index (κ3) is 4.67. The number of hydrogen-bond acceptors (Lipinski definition) is 6. The lowest BCUT2D eigenvalue weighted by Crippen LogP contribution is -2.31. The maximum atomic E-state index is 13.3. The Bertz CT molecular complexity index is 1100. The van der Waals surface area contributed by atoms with Crippen molar-refractivity contribution in [1.82, 2.24) is 19.3 Å². The first-order valence-corrected chi connectivity index (χ1v) is 10.9. The highest BCUT2D eigenvalue weighted by Crippen LogP contribution is 2.32. The molecule has 2 heterocycles. The van der Waals surface area contributed by atoms with Gasteiger partial charge >= 0.3 is 0 Å². The van der Waals surface area contributed by atoms with Crippen molar-refractivity contribution in [2.45, 2.75) is 46.7 Å². The molecule has 0 unspecified atom stereocenters. The Kier molecular flexibility index (Phi) is 7.63. The van der Waals surface area contributed by atoms with Gasteiger partial charge in [-0.3, -0.25) is 19.2 Å². The fourth-order valence-corrected chi connectivity index (χ4v) is 3.71. The Balaban J connectivity index is 2.08. The second-order valence-corrected chi connectivity index (χ2v) is 7.61. The van der Waals surface area contributed by atoms with E-state index in [1.807, 2.05) is 18.4 Å². The van der Waals surface area contributed by atoms with Crippen LogP contribution in [0, 0.1) is 6.92 Å². The van der Waals surface area contributed by atoms with Crippen LogP contribution in [0.2, 0.25) is 0 Å². The number of methoxy groups -OCH3 is 1. The number of amides is 1. The Morgan fingerprint density at radius 2 is 2.00 bits per heavy atom. The summed E-state index contributed by atoms with van der Waals surface area (Å²) >= 11 is 0. The molecule has 0 aliphatic carbocycles. The van der Waals surface area contributed by atoms with Crippen molar-refractivity contribution >= 4 is 29.2 Å². The molecule has 0 saturated heterocycles. The molecule has 0 radical (unpaired) electrons. The monoisotopic (exact) mass is 441 g/mol. The van der Waals surface area contributed by atoms with Gasteiger partial charge in [-0.05, 0) is 38.5 Å². The molecule has 0 N–H and O–H groups in total. The van der Waals surface area contributed by atoms with Gasteiger partial charge in [0.05, 0.1) is 17.8 Å². The minimum atomic E-state index is -0.196. The molecule has 0 aliphatic rings. The average Bonchev–Trinajstić information content (AvgIpc) is 3.36. The molecule has 3 aromatic rings. The highest BCUT2D eigenvalue weighted by molar-refractivity contribution is 6.05. The van der Waals surface area contributed by atoms with Crippen LogP contribution in [0.4, 0.5) is 5.95 Å². The summed E-state index contributed by atoms with van der Waals surface area (Å²) in [6.07, 6.45) is 2.33. The van der Waals surface area contributed by atoms with Gasteiger partial charge in [0.2, 0.25) is 5.95 Å². The first kappa shape index (κ1) is 23.5. The molecule has 0 saturated carbocycles. The quantitative estimate of drug-likeness (QED) is 0.334. The number of aromatic nitrogens is 4. The minimum absolute atomic E-state index is 0.196. The van der Waals surface area contributed by atoms with E-state index < -0.39 is 0 Å². The standard InChI is InChI=1S/C23H31N5O4/c1-6-9-27-21-18(13-17(15-29)14-20(21)32-11-8-10-31-5)24-23(27)26(4)22(30)19-12-16(3)25-28(19)7-2/h12-15H,6-11H2,1-5H3. The third-order valence-electron chi connectivity index (χ3n) is 5.17. The second-order valence-electron chi connectivity index (χ2n) is 7.61. The van der Waals surface area contributed by atoms with E-state index in [1.54, 1.807) is 37.0 Å². The second kappa shape index (κ2) is 10.4. The number of fused-ring (bicyclic) bond motifs is 1. The molecule has 9 nitrogen and oxygen atoms in total. The largest absolute Gasteiger partial charge is 0.491 e.